The number of alkyl halides is 3. The molecule has 1 amide bonds. The molecule has 132 valence electrons. The minimum atomic E-state index is -4.57. The van der Waals surface area contributed by atoms with E-state index in [0.717, 1.165) is 12.1 Å². The third-order valence-electron chi connectivity index (χ3n) is 3.87. The zero-order valence-corrected chi connectivity index (χ0v) is 12.7. The minimum absolute atomic E-state index is 0.0148. The number of nitrogens with one attached hydrogen (secondary N) is 1. The van der Waals surface area contributed by atoms with Gasteiger partial charge in [0.25, 0.3) is 0 Å². The highest BCUT2D eigenvalue weighted by Gasteiger charge is 2.35. The molecular weight excluding hydrogens is 329 g/mol. The van der Waals surface area contributed by atoms with Gasteiger partial charge in [-0.2, -0.15) is 13.2 Å². The summed E-state index contributed by atoms with van der Waals surface area (Å²) in [5, 5.41) is 11.4. The summed E-state index contributed by atoms with van der Waals surface area (Å²) in [7, 11) is 0. The largest absolute Gasteiger partial charge is 0.481 e. The van der Waals surface area contributed by atoms with Crippen LogP contribution < -0.4 is 10.1 Å². The van der Waals surface area contributed by atoms with Crippen LogP contribution in [0.25, 0.3) is 0 Å². The molecule has 1 fully saturated rings. The first-order valence-electron chi connectivity index (χ1n) is 7.44. The molecule has 0 bridgehead atoms. The lowest BCUT2D eigenvalue weighted by Gasteiger charge is -2.14. The lowest BCUT2D eigenvalue weighted by Crippen LogP contribution is -2.33. The smallest absolute Gasteiger partial charge is 0.421 e. The van der Waals surface area contributed by atoms with E-state index >= 15 is 0 Å². The molecule has 6 nitrogen and oxygen atoms in total. The maximum atomic E-state index is 12.8. The number of carboxylic acid groups (broad SMARTS) is 1. The monoisotopic (exact) mass is 346 g/mol. The number of carbonyl (C=O) groups is 2. The van der Waals surface area contributed by atoms with Crippen LogP contribution >= 0.6 is 0 Å². The Balaban J connectivity index is 1.78. The topological polar surface area (TPSA) is 88.5 Å². The van der Waals surface area contributed by atoms with Gasteiger partial charge in [-0.3, -0.25) is 9.59 Å². The average molecular weight is 346 g/mol. The van der Waals surface area contributed by atoms with E-state index in [0.29, 0.717) is 12.8 Å². The van der Waals surface area contributed by atoms with E-state index in [4.69, 9.17) is 9.84 Å². The molecule has 1 heterocycles. The lowest BCUT2D eigenvalue weighted by atomic mass is 10.0. The van der Waals surface area contributed by atoms with Crippen LogP contribution in [0.15, 0.2) is 18.3 Å². The maximum absolute atomic E-state index is 12.8. The van der Waals surface area contributed by atoms with Crippen molar-refractivity contribution in [3.63, 3.8) is 0 Å². The van der Waals surface area contributed by atoms with Gasteiger partial charge in [-0.15, -0.1) is 0 Å². The van der Waals surface area contributed by atoms with E-state index in [1.54, 1.807) is 0 Å². The van der Waals surface area contributed by atoms with Gasteiger partial charge in [0.2, 0.25) is 11.8 Å². The molecule has 0 radical (unpaired) electrons. The summed E-state index contributed by atoms with van der Waals surface area (Å²) < 4.78 is 43.3. The van der Waals surface area contributed by atoms with Crippen LogP contribution in [0.1, 0.15) is 24.8 Å². The number of halogens is 3. The number of aromatic nitrogens is 1. The van der Waals surface area contributed by atoms with Crippen molar-refractivity contribution >= 4 is 11.9 Å². The van der Waals surface area contributed by atoms with Gasteiger partial charge < -0.3 is 15.2 Å². The van der Waals surface area contributed by atoms with Crippen molar-refractivity contribution < 1.29 is 32.6 Å². The summed E-state index contributed by atoms with van der Waals surface area (Å²) >= 11 is 0. The van der Waals surface area contributed by atoms with Crippen LogP contribution in [0.4, 0.5) is 13.2 Å². The number of ether oxygens (including phenoxy) is 1. The number of hydrogen-bond acceptors (Lipinski definition) is 4. The Hall–Kier alpha value is -2.32. The highest BCUT2D eigenvalue weighted by molar-refractivity contribution is 5.80. The number of aliphatic carboxylic acids is 1. The molecule has 9 heteroatoms. The van der Waals surface area contributed by atoms with Crippen molar-refractivity contribution in [3.8, 4) is 5.88 Å². The molecule has 2 N–H and O–H groups in total. The number of pyridine rings is 1. The summed E-state index contributed by atoms with van der Waals surface area (Å²) in [4.78, 5) is 26.3. The van der Waals surface area contributed by atoms with Crippen LogP contribution in [0.3, 0.4) is 0 Å². The Morgan fingerprint density at radius 2 is 2.04 bits per heavy atom. The maximum Gasteiger partial charge on any atom is 0.421 e. The highest BCUT2D eigenvalue weighted by Crippen LogP contribution is 2.34. The molecule has 1 aliphatic rings. The summed E-state index contributed by atoms with van der Waals surface area (Å²) in [6.45, 7) is -0.151. The van der Waals surface area contributed by atoms with Gasteiger partial charge >= 0.3 is 12.1 Å². The van der Waals surface area contributed by atoms with Crippen LogP contribution in [-0.2, 0) is 15.8 Å². The normalized spacial score (nSPS) is 20.6. The number of amides is 1. The molecule has 0 spiro atoms. The van der Waals surface area contributed by atoms with Gasteiger partial charge in [0.15, 0.2) is 0 Å². The SMILES string of the molecule is O=C(O)[C@@H]1CC[C@H](C(=O)NCCOc2ncccc2C(F)(F)F)C1. The van der Waals surface area contributed by atoms with Crippen molar-refractivity contribution in [1.82, 2.24) is 10.3 Å². The Kier molecular flexibility index (Phi) is 5.63. The zero-order valence-electron chi connectivity index (χ0n) is 12.7. The predicted octanol–water partition coefficient (Wildman–Crippen LogP) is 2.10. The van der Waals surface area contributed by atoms with E-state index in [9.17, 15) is 22.8 Å². The molecule has 0 saturated heterocycles. The van der Waals surface area contributed by atoms with Gasteiger partial charge in [0.1, 0.15) is 12.2 Å². The van der Waals surface area contributed by atoms with Crippen molar-refractivity contribution in [2.45, 2.75) is 25.4 Å². The van der Waals surface area contributed by atoms with Crippen molar-refractivity contribution in [2.75, 3.05) is 13.2 Å². The third kappa shape index (κ3) is 4.59. The average Bonchev–Trinajstić information content (AvgIpc) is 3.01. The predicted molar refractivity (Wildman–Crippen MR) is 76.2 cm³/mol. The first-order valence-corrected chi connectivity index (χ1v) is 7.44. The molecule has 24 heavy (non-hydrogen) atoms. The number of rotatable bonds is 6. The second-order valence-electron chi connectivity index (χ2n) is 5.54. The second kappa shape index (κ2) is 7.50. The van der Waals surface area contributed by atoms with E-state index in [1.165, 1.54) is 6.20 Å². The van der Waals surface area contributed by atoms with Crippen molar-refractivity contribution in [3.05, 3.63) is 23.9 Å². The Morgan fingerprint density at radius 3 is 2.67 bits per heavy atom. The number of carboxylic acids is 1. The van der Waals surface area contributed by atoms with Gasteiger partial charge in [-0.1, -0.05) is 0 Å². The number of hydrogen-bond donors (Lipinski definition) is 2. The molecule has 1 saturated carbocycles. The van der Waals surface area contributed by atoms with Crippen molar-refractivity contribution in [2.24, 2.45) is 11.8 Å². The summed E-state index contributed by atoms with van der Waals surface area (Å²) in [5.74, 6) is -2.65. The standard InChI is InChI=1S/C15H17F3N2O4/c16-15(17,18)11-2-1-5-20-13(11)24-7-6-19-12(21)9-3-4-10(8-9)14(22)23/h1-2,5,9-10H,3-4,6-8H2,(H,19,21)(H,22,23)/t9-,10+/m0/s1. The highest BCUT2D eigenvalue weighted by atomic mass is 19.4. The molecule has 0 aromatic carbocycles. The van der Waals surface area contributed by atoms with E-state index < -0.39 is 29.5 Å². The summed E-state index contributed by atoms with van der Waals surface area (Å²) in [5.41, 5.74) is -0.976. The van der Waals surface area contributed by atoms with E-state index in [1.807, 2.05) is 0 Å². The summed E-state index contributed by atoms with van der Waals surface area (Å²) in [6, 6.07) is 2.03. The molecule has 0 unspecified atom stereocenters. The van der Waals surface area contributed by atoms with Crippen molar-refractivity contribution in [1.29, 1.82) is 0 Å². The van der Waals surface area contributed by atoms with Crippen LogP contribution in [0, 0.1) is 11.8 Å². The van der Waals surface area contributed by atoms with E-state index in [-0.39, 0.29) is 31.4 Å². The molecule has 1 aromatic heterocycles. The third-order valence-corrected chi connectivity index (χ3v) is 3.87. The Morgan fingerprint density at radius 1 is 1.33 bits per heavy atom. The summed E-state index contributed by atoms with van der Waals surface area (Å²) in [6.07, 6.45) is -2.16. The first kappa shape index (κ1) is 18.0. The zero-order chi connectivity index (χ0) is 17.7. The van der Waals surface area contributed by atoms with Gasteiger partial charge in [0, 0.05) is 12.1 Å². The Labute approximate surface area is 136 Å². The molecular formula is C15H17F3N2O4. The molecule has 1 aromatic rings. The van der Waals surface area contributed by atoms with Crippen LogP contribution in [-0.4, -0.2) is 35.1 Å². The minimum Gasteiger partial charge on any atom is -0.481 e. The number of nitrogens with zero attached hydrogens (tertiary/aromatic N) is 1. The van der Waals surface area contributed by atoms with Gasteiger partial charge in [-0.05, 0) is 31.4 Å². The molecule has 0 aliphatic heterocycles. The van der Waals surface area contributed by atoms with E-state index in [2.05, 4.69) is 10.3 Å². The molecule has 2 rings (SSSR count). The van der Waals surface area contributed by atoms with Crippen LogP contribution in [0.2, 0.25) is 0 Å². The first-order chi connectivity index (χ1) is 11.3. The molecule has 2 atom stereocenters. The van der Waals surface area contributed by atoms with Gasteiger partial charge in [-0.25, -0.2) is 4.98 Å². The lowest BCUT2D eigenvalue weighted by molar-refractivity contribution is -0.142. The second-order valence-corrected chi connectivity index (χ2v) is 5.54. The van der Waals surface area contributed by atoms with Crippen LogP contribution in [0.5, 0.6) is 5.88 Å². The Bertz CT molecular complexity index is 607. The van der Waals surface area contributed by atoms with Gasteiger partial charge in [0.05, 0.1) is 12.5 Å². The number of carbonyl (C=O) groups excluding carboxylic acids is 1. The fourth-order valence-corrected chi connectivity index (χ4v) is 2.63. The quantitative estimate of drug-likeness (QED) is 0.770. The molecule has 1 aliphatic carbocycles. The fourth-order valence-electron chi connectivity index (χ4n) is 2.63. The fraction of sp³-hybridized carbons (Fsp3) is 0.533.